The molecule has 0 saturated carbocycles. The predicted molar refractivity (Wildman–Crippen MR) is 138 cm³/mol. The summed E-state index contributed by atoms with van der Waals surface area (Å²) in [7, 11) is 1.64. The summed E-state index contributed by atoms with van der Waals surface area (Å²) < 4.78 is 16.5. The van der Waals surface area contributed by atoms with Gasteiger partial charge in [-0.3, -0.25) is 4.79 Å². The second-order valence-electron chi connectivity index (χ2n) is 10.6. The number of methoxy groups -OCH3 is 1. The van der Waals surface area contributed by atoms with Gasteiger partial charge in [0, 0.05) is 25.5 Å². The van der Waals surface area contributed by atoms with Gasteiger partial charge in [-0.25, -0.2) is 4.79 Å². The average molecular weight is 508 g/mol. The van der Waals surface area contributed by atoms with Crippen LogP contribution < -0.4 is 0 Å². The lowest BCUT2D eigenvalue weighted by atomic mass is 9.91. The number of ether oxygens (including phenoxy) is 3. The second-order valence-corrected chi connectivity index (χ2v) is 10.6. The fourth-order valence-corrected chi connectivity index (χ4v) is 4.59. The topological polar surface area (TPSA) is 106 Å². The van der Waals surface area contributed by atoms with Crippen molar-refractivity contribution in [1.82, 2.24) is 4.90 Å². The summed E-state index contributed by atoms with van der Waals surface area (Å²) in [6.45, 7) is 9.06. The van der Waals surface area contributed by atoms with Gasteiger partial charge in [0.15, 0.2) is 0 Å². The first kappa shape index (κ1) is 30.1. The molecule has 2 aliphatic heterocycles. The zero-order valence-corrected chi connectivity index (χ0v) is 22.5. The molecule has 0 unspecified atom stereocenters. The average Bonchev–Trinajstić information content (AvgIpc) is 3.27. The number of rotatable bonds is 7. The number of carbonyl (C=O) groups is 2. The van der Waals surface area contributed by atoms with Crippen LogP contribution in [0.1, 0.15) is 66.2 Å². The van der Waals surface area contributed by atoms with Crippen LogP contribution in [0.5, 0.6) is 0 Å². The fourth-order valence-electron chi connectivity index (χ4n) is 4.59. The van der Waals surface area contributed by atoms with Gasteiger partial charge in [-0.2, -0.15) is 0 Å². The molecule has 36 heavy (non-hydrogen) atoms. The van der Waals surface area contributed by atoms with E-state index in [-0.39, 0.29) is 37.0 Å². The van der Waals surface area contributed by atoms with E-state index in [1.807, 2.05) is 51.2 Å². The molecule has 0 aromatic carbocycles. The largest absolute Gasteiger partial charge is 0.457 e. The third-order valence-electron chi connectivity index (χ3n) is 6.84. The highest BCUT2D eigenvalue weighted by Gasteiger charge is 2.30. The molecule has 0 spiro atoms. The Morgan fingerprint density at radius 1 is 1.39 bits per heavy atom. The van der Waals surface area contributed by atoms with Gasteiger partial charge >= 0.3 is 12.1 Å². The molecule has 0 aliphatic carbocycles. The Morgan fingerprint density at radius 3 is 2.86 bits per heavy atom. The number of hydrogen-bond donors (Lipinski definition) is 2. The van der Waals surface area contributed by atoms with E-state index < -0.39 is 23.8 Å². The SMILES string of the molecule is COC[C@@H]1CCCN1C(=O)OC[C@H](C)/C=C/C=C(\C)[C@H]1OC(=O)C[C@H](O)CC[C@@](C)(O)C/C=C/[C@@H]1C. The fraction of sp³-hybridized carbons (Fsp3) is 0.714. The Kier molecular flexibility index (Phi) is 12.1. The van der Waals surface area contributed by atoms with Crippen LogP contribution in [-0.2, 0) is 19.0 Å². The summed E-state index contributed by atoms with van der Waals surface area (Å²) >= 11 is 0. The van der Waals surface area contributed by atoms with Crippen LogP contribution in [0.4, 0.5) is 4.79 Å². The van der Waals surface area contributed by atoms with Crippen LogP contribution >= 0.6 is 0 Å². The molecule has 1 saturated heterocycles. The molecule has 0 aromatic rings. The zero-order chi connectivity index (χ0) is 26.7. The van der Waals surface area contributed by atoms with Gasteiger partial charge < -0.3 is 29.3 Å². The van der Waals surface area contributed by atoms with E-state index in [1.54, 1.807) is 18.9 Å². The number of esters is 1. The summed E-state index contributed by atoms with van der Waals surface area (Å²) in [6, 6.07) is 0.0795. The maximum atomic E-state index is 12.5. The van der Waals surface area contributed by atoms with Crippen molar-refractivity contribution in [3.8, 4) is 0 Å². The maximum absolute atomic E-state index is 12.5. The molecule has 2 rings (SSSR count). The van der Waals surface area contributed by atoms with Crippen LogP contribution in [0.2, 0.25) is 0 Å². The third kappa shape index (κ3) is 10.1. The van der Waals surface area contributed by atoms with Crippen molar-refractivity contribution >= 4 is 12.1 Å². The molecular weight excluding hydrogens is 462 g/mol. The number of nitrogens with zero attached hydrogens (tertiary/aromatic N) is 1. The molecule has 0 radical (unpaired) electrons. The first-order valence-corrected chi connectivity index (χ1v) is 13.1. The van der Waals surface area contributed by atoms with Gasteiger partial charge in [-0.15, -0.1) is 0 Å². The number of hydrogen-bond acceptors (Lipinski definition) is 7. The number of aliphatic hydroxyl groups excluding tert-OH is 1. The molecule has 2 heterocycles. The van der Waals surface area contributed by atoms with Crippen LogP contribution in [0.25, 0.3) is 0 Å². The van der Waals surface area contributed by atoms with Gasteiger partial charge in [0.25, 0.3) is 0 Å². The predicted octanol–water partition coefficient (Wildman–Crippen LogP) is 4.16. The molecule has 1 amide bonds. The van der Waals surface area contributed by atoms with E-state index >= 15 is 0 Å². The Hall–Kier alpha value is -2.16. The third-order valence-corrected chi connectivity index (χ3v) is 6.84. The van der Waals surface area contributed by atoms with Crippen molar-refractivity contribution < 1.29 is 34.0 Å². The molecule has 2 N–H and O–H groups in total. The minimum Gasteiger partial charge on any atom is -0.457 e. The van der Waals surface area contributed by atoms with Crippen molar-refractivity contribution in [2.45, 2.75) is 90.1 Å². The number of carbonyl (C=O) groups excluding carboxylic acids is 2. The number of likely N-dealkylation sites (tertiary alicyclic amines) is 1. The summed E-state index contributed by atoms with van der Waals surface area (Å²) in [5, 5.41) is 20.7. The van der Waals surface area contributed by atoms with Gasteiger partial charge in [0.2, 0.25) is 0 Å². The van der Waals surface area contributed by atoms with Crippen LogP contribution in [0.3, 0.4) is 0 Å². The van der Waals surface area contributed by atoms with Gasteiger partial charge in [-0.05, 0) is 51.5 Å². The van der Waals surface area contributed by atoms with E-state index in [2.05, 4.69) is 0 Å². The van der Waals surface area contributed by atoms with Crippen molar-refractivity contribution in [2.24, 2.45) is 11.8 Å². The van der Waals surface area contributed by atoms with Gasteiger partial charge in [0.1, 0.15) is 6.10 Å². The number of cyclic esters (lactones) is 1. The highest BCUT2D eigenvalue weighted by atomic mass is 16.6. The monoisotopic (exact) mass is 507 g/mol. The minimum absolute atomic E-state index is 0.00929. The summed E-state index contributed by atoms with van der Waals surface area (Å²) in [5.41, 5.74) is -0.0682. The first-order valence-electron chi connectivity index (χ1n) is 13.1. The molecule has 1 fully saturated rings. The van der Waals surface area contributed by atoms with Gasteiger partial charge in [0.05, 0.1) is 37.4 Å². The quantitative estimate of drug-likeness (QED) is 0.303. The molecule has 8 nitrogen and oxygen atoms in total. The second kappa shape index (κ2) is 14.5. The molecule has 8 heteroatoms. The van der Waals surface area contributed by atoms with Crippen LogP contribution in [-0.4, -0.2) is 77.9 Å². The van der Waals surface area contributed by atoms with E-state index in [9.17, 15) is 19.8 Å². The lowest BCUT2D eigenvalue weighted by Crippen LogP contribution is -2.38. The molecule has 0 bridgehead atoms. The first-order chi connectivity index (χ1) is 17.0. The summed E-state index contributed by atoms with van der Waals surface area (Å²) in [5.74, 6) is -0.557. The van der Waals surface area contributed by atoms with Crippen molar-refractivity contribution in [3.63, 3.8) is 0 Å². The summed E-state index contributed by atoms with van der Waals surface area (Å²) in [4.78, 5) is 26.6. The van der Waals surface area contributed by atoms with Crippen LogP contribution in [0, 0.1) is 11.8 Å². The number of amides is 1. The standard InChI is InChI=1S/C28H45NO7/c1-20(18-35-27(32)29-16-8-12-23(29)19-34-5)9-6-10-21(2)26-22(3)11-7-14-28(4,33)15-13-24(30)17-25(31)36-26/h6-7,9-11,20,22-24,26,30,33H,8,12-19H2,1-5H3/b9-6+,11-7+,21-10+/t20-,22+,23+,24-,26-,28+/m1/s1. The molecule has 6 atom stereocenters. The van der Waals surface area contributed by atoms with E-state index in [0.29, 0.717) is 32.4 Å². The van der Waals surface area contributed by atoms with E-state index in [1.165, 1.54) is 0 Å². The smallest absolute Gasteiger partial charge is 0.410 e. The Balaban J connectivity index is 1.97. The highest BCUT2D eigenvalue weighted by molar-refractivity contribution is 5.70. The van der Waals surface area contributed by atoms with Crippen molar-refractivity contribution in [2.75, 3.05) is 26.9 Å². The van der Waals surface area contributed by atoms with Gasteiger partial charge in [-0.1, -0.05) is 44.2 Å². The zero-order valence-electron chi connectivity index (χ0n) is 22.5. The molecule has 2 aliphatic rings. The maximum Gasteiger partial charge on any atom is 0.410 e. The van der Waals surface area contributed by atoms with Crippen molar-refractivity contribution in [3.05, 3.63) is 36.0 Å². The van der Waals surface area contributed by atoms with Crippen LogP contribution in [0.15, 0.2) is 36.0 Å². The Morgan fingerprint density at radius 2 is 2.14 bits per heavy atom. The lowest BCUT2D eigenvalue weighted by Gasteiger charge is -2.27. The molecular formula is C28H45NO7. The number of aliphatic hydroxyl groups is 2. The molecule has 204 valence electrons. The highest BCUT2D eigenvalue weighted by Crippen LogP contribution is 2.25. The minimum atomic E-state index is -0.928. The number of allylic oxidation sites excluding steroid dienone is 2. The van der Waals surface area contributed by atoms with Crippen molar-refractivity contribution in [1.29, 1.82) is 0 Å². The molecule has 0 aromatic heterocycles. The Bertz CT molecular complexity index is 804. The van der Waals surface area contributed by atoms with E-state index in [0.717, 1.165) is 18.4 Å². The normalized spacial score (nSPS) is 32.5. The Labute approximate surface area is 216 Å². The lowest BCUT2D eigenvalue weighted by molar-refractivity contribution is -0.151. The van der Waals surface area contributed by atoms with E-state index in [4.69, 9.17) is 14.2 Å². The summed E-state index contributed by atoms with van der Waals surface area (Å²) in [6.07, 6.45) is 11.0.